The normalized spacial score (nSPS) is 10.7. The second kappa shape index (κ2) is 10.8. The van der Waals surface area contributed by atoms with Crippen molar-refractivity contribution in [3.05, 3.63) is 71.8 Å². The number of esters is 1. The van der Waals surface area contributed by atoms with Crippen LogP contribution in [0.1, 0.15) is 29.8 Å². The number of methoxy groups -OCH3 is 1. The first-order valence-electron chi connectivity index (χ1n) is 10.3. The highest BCUT2D eigenvalue weighted by molar-refractivity contribution is 8.00. The molecule has 168 valence electrons. The molecule has 0 fully saturated rings. The van der Waals surface area contributed by atoms with E-state index in [9.17, 15) is 4.79 Å². The van der Waals surface area contributed by atoms with Crippen LogP contribution in [0.2, 0.25) is 0 Å². The lowest BCUT2D eigenvalue weighted by atomic mass is 10.1. The van der Waals surface area contributed by atoms with Crippen LogP contribution in [-0.4, -0.2) is 19.7 Å². The highest BCUT2D eigenvalue weighted by atomic mass is 32.2. The minimum atomic E-state index is -0.458. The van der Waals surface area contributed by atoms with Crippen LogP contribution in [0.3, 0.4) is 0 Å². The van der Waals surface area contributed by atoms with E-state index in [2.05, 4.69) is 18.6 Å². The lowest BCUT2D eigenvalue weighted by Gasteiger charge is -2.14. The topological polar surface area (TPSA) is 82.8 Å². The Kier molecular flexibility index (Phi) is 7.89. The van der Waals surface area contributed by atoms with E-state index in [-0.39, 0.29) is 0 Å². The fourth-order valence-electron chi connectivity index (χ4n) is 2.77. The smallest absolute Gasteiger partial charge is 0.340 e. The number of nitrogens with two attached hydrogens (primary N) is 1. The van der Waals surface area contributed by atoms with Crippen molar-refractivity contribution in [2.24, 2.45) is 5.92 Å². The zero-order valence-electron chi connectivity index (χ0n) is 18.7. The largest absolute Gasteiger partial charge is 0.491 e. The van der Waals surface area contributed by atoms with E-state index in [1.807, 2.05) is 31.2 Å². The molecule has 0 unspecified atom stereocenters. The Hall–Kier alpha value is -3.32. The van der Waals surface area contributed by atoms with Crippen LogP contribution in [-0.2, 0) is 4.74 Å². The molecule has 0 atom stereocenters. The predicted octanol–water partition coefficient (Wildman–Crippen LogP) is 6.31. The maximum Gasteiger partial charge on any atom is 0.340 e. The molecule has 0 saturated carbocycles. The summed E-state index contributed by atoms with van der Waals surface area (Å²) >= 11 is 1.42. The monoisotopic (exact) mass is 452 g/mol. The number of carbonyl (C=O) groups is 1. The van der Waals surface area contributed by atoms with Gasteiger partial charge in [0.15, 0.2) is 0 Å². The van der Waals surface area contributed by atoms with Gasteiger partial charge in [0.1, 0.15) is 17.2 Å². The van der Waals surface area contributed by atoms with Gasteiger partial charge in [-0.25, -0.2) is 4.79 Å². The van der Waals surface area contributed by atoms with Crippen molar-refractivity contribution in [3.63, 3.8) is 0 Å². The number of benzene rings is 3. The van der Waals surface area contributed by atoms with Gasteiger partial charge in [-0.15, -0.1) is 0 Å². The van der Waals surface area contributed by atoms with Gasteiger partial charge in [0.2, 0.25) is 0 Å². The summed E-state index contributed by atoms with van der Waals surface area (Å²) in [4.78, 5) is 13.4. The molecule has 3 N–H and O–H groups in total. The van der Waals surface area contributed by atoms with E-state index < -0.39 is 5.97 Å². The van der Waals surface area contributed by atoms with Gasteiger partial charge in [-0.1, -0.05) is 31.5 Å². The third-order valence-electron chi connectivity index (χ3n) is 4.49. The molecule has 7 heteroatoms. The summed E-state index contributed by atoms with van der Waals surface area (Å²) in [6, 6.07) is 18.6. The van der Waals surface area contributed by atoms with Gasteiger partial charge in [-0.3, -0.25) is 0 Å². The van der Waals surface area contributed by atoms with Crippen molar-refractivity contribution >= 4 is 29.3 Å². The Morgan fingerprint density at radius 1 is 1.03 bits per heavy atom. The number of rotatable bonds is 9. The van der Waals surface area contributed by atoms with E-state index in [1.54, 1.807) is 36.4 Å². The molecular formula is C25H28N2O4S. The maximum atomic E-state index is 12.4. The zero-order valence-corrected chi connectivity index (χ0v) is 19.5. The molecule has 0 aliphatic heterocycles. The van der Waals surface area contributed by atoms with Crippen molar-refractivity contribution in [1.82, 2.24) is 0 Å². The van der Waals surface area contributed by atoms with E-state index in [1.165, 1.54) is 24.6 Å². The first-order chi connectivity index (χ1) is 15.4. The number of hydrogen-bond acceptors (Lipinski definition) is 7. The van der Waals surface area contributed by atoms with Gasteiger partial charge in [0.05, 0.1) is 30.7 Å². The van der Waals surface area contributed by atoms with Crippen LogP contribution in [0.15, 0.2) is 65.6 Å². The summed E-state index contributed by atoms with van der Waals surface area (Å²) in [6.45, 7) is 6.73. The third kappa shape index (κ3) is 6.34. The lowest BCUT2D eigenvalue weighted by molar-refractivity contribution is 0.0601. The van der Waals surface area contributed by atoms with Crippen molar-refractivity contribution in [1.29, 1.82) is 0 Å². The van der Waals surface area contributed by atoms with Crippen LogP contribution in [0.25, 0.3) is 0 Å². The molecule has 0 radical (unpaired) electrons. The lowest BCUT2D eigenvalue weighted by Crippen LogP contribution is -2.06. The first-order valence-corrected chi connectivity index (χ1v) is 11.1. The number of anilines is 2. The van der Waals surface area contributed by atoms with Crippen LogP contribution < -0.4 is 19.9 Å². The minimum absolute atomic E-state index is 0.372. The minimum Gasteiger partial charge on any atom is -0.491 e. The summed E-state index contributed by atoms with van der Waals surface area (Å²) in [5, 5.41) is 0. The molecule has 0 aliphatic carbocycles. The summed E-state index contributed by atoms with van der Waals surface area (Å²) in [6.07, 6.45) is 0. The number of carbonyl (C=O) groups excluding carboxylic acids is 1. The molecule has 0 bridgehead atoms. The first kappa shape index (κ1) is 23.3. The van der Waals surface area contributed by atoms with Crippen LogP contribution >= 0.6 is 11.9 Å². The fraction of sp³-hybridized carbons (Fsp3) is 0.240. The van der Waals surface area contributed by atoms with Gasteiger partial charge in [-0.2, -0.15) is 0 Å². The summed E-state index contributed by atoms with van der Waals surface area (Å²) in [5.74, 6) is 1.54. The molecule has 0 spiro atoms. The molecule has 3 rings (SSSR count). The molecule has 0 amide bonds. The highest BCUT2D eigenvalue weighted by Crippen LogP contribution is 2.33. The Bertz CT molecular complexity index is 1070. The SMILES string of the molecule is COC(=O)c1cc(Oc2ccc(N)c(OCC(C)C)c2)ccc1NSc1ccc(C)cc1. The molecular weight excluding hydrogens is 424 g/mol. The zero-order chi connectivity index (χ0) is 23.1. The Labute approximate surface area is 193 Å². The number of hydrogen-bond donors (Lipinski definition) is 2. The number of nitrogen functional groups attached to an aromatic ring is 1. The van der Waals surface area contributed by atoms with E-state index >= 15 is 0 Å². The average molecular weight is 453 g/mol. The summed E-state index contributed by atoms with van der Waals surface area (Å²) < 4.78 is 19.9. The molecule has 0 saturated heterocycles. The van der Waals surface area contributed by atoms with Crippen LogP contribution in [0, 0.1) is 12.8 Å². The van der Waals surface area contributed by atoms with Gasteiger partial charge in [0.25, 0.3) is 0 Å². The van der Waals surface area contributed by atoms with Crippen molar-refractivity contribution < 1.29 is 19.0 Å². The highest BCUT2D eigenvalue weighted by Gasteiger charge is 2.15. The molecule has 0 aliphatic rings. The van der Waals surface area contributed by atoms with Crippen molar-refractivity contribution in [3.8, 4) is 17.2 Å². The second-order valence-electron chi connectivity index (χ2n) is 7.72. The summed E-state index contributed by atoms with van der Waals surface area (Å²) in [5.41, 5.74) is 8.74. The van der Waals surface area contributed by atoms with Gasteiger partial charge < -0.3 is 24.7 Å². The molecule has 3 aromatic rings. The average Bonchev–Trinajstić information content (AvgIpc) is 2.79. The number of ether oxygens (including phenoxy) is 3. The van der Waals surface area contributed by atoms with Gasteiger partial charge in [-0.05, 0) is 67.3 Å². The van der Waals surface area contributed by atoms with E-state index in [4.69, 9.17) is 19.9 Å². The number of aryl methyl sites for hydroxylation is 1. The second-order valence-corrected chi connectivity index (χ2v) is 8.60. The van der Waals surface area contributed by atoms with E-state index in [0.29, 0.717) is 46.7 Å². The van der Waals surface area contributed by atoms with Crippen LogP contribution in [0.5, 0.6) is 17.2 Å². The van der Waals surface area contributed by atoms with Crippen molar-refractivity contribution in [2.45, 2.75) is 25.7 Å². The molecule has 3 aromatic carbocycles. The number of nitrogens with one attached hydrogen (secondary N) is 1. The maximum absolute atomic E-state index is 12.4. The third-order valence-corrected chi connectivity index (χ3v) is 5.32. The van der Waals surface area contributed by atoms with Gasteiger partial charge in [0, 0.05) is 11.0 Å². The Morgan fingerprint density at radius 2 is 1.72 bits per heavy atom. The van der Waals surface area contributed by atoms with Crippen LogP contribution in [0.4, 0.5) is 11.4 Å². The quantitative estimate of drug-likeness (QED) is 0.224. The van der Waals surface area contributed by atoms with E-state index in [0.717, 1.165) is 4.90 Å². The molecule has 32 heavy (non-hydrogen) atoms. The standard InChI is InChI=1S/C25H28N2O4S/c1-16(2)15-30-24-14-19(7-11-22(24)26)31-18-8-12-23(21(13-18)25(28)29-4)27-32-20-9-5-17(3)6-10-20/h5-14,16,27H,15,26H2,1-4H3. The molecule has 0 aromatic heterocycles. The Balaban J connectivity index is 1.78. The molecule has 0 heterocycles. The Morgan fingerprint density at radius 3 is 2.41 bits per heavy atom. The molecule has 6 nitrogen and oxygen atoms in total. The predicted molar refractivity (Wildman–Crippen MR) is 130 cm³/mol. The van der Waals surface area contributed by atoms with Gasteiger partial charge >= 0.3 is 5.97 Å². The van der Waals surface area contributed by atoms with Crippen molar-refractivity contribution in [2.75, 3.05) is 24.2 Å². The summed E-state index contributed by atoms with van der Waals surface area (Å²) in [7, 11) is 1.35. The fourth-order valence-corrected chi connectivity index (χ4v) is 3.45.